The van der Waals surface area contributed by atoms with Gasteiger partial charge in [-0.25, -0.2) is 13.1 Å². The Labute approximate surface area is 153 Å². The van der Waals surface area contributed by atoms with Crippen molar-refractivity contribution < 1.29 is 22.7 Å². The van der Waals surface area contributed by atoms with Crippen LogP contribution in [0.15, 0.2) is 47.4 Å². The zero-order valence-electron chi connectivity index (χ0n) is 14.9. The molecule has 0 saturated heterocycles. The summed E-state index contributed by atoms with van der Waals surface area (Å²) >= 11 is 0. The number of anilines is 1. The second-order valence-corrected chi connectivity index (χ2v) is 7.41. The molecule has 1 amide bonds. The number of sulfonamides is 1. The molecule has 140 valence electrons. The molecule has 0 aliphatic carbocycles. The number of carbonyl (C=O) groups excluding carboxylic acids is 1. The first-order valence-electron chi connectivity index (χ1n) is 7.94. The number of amides is 1. The standard InChI is InChI=1S/C18H22N2O5S/c1-13-4-9-16(17(12-13)25-11-10-24-3)20-18(21)14-5-7-15(8-6-14)26(22,23)19-2/h4-9,12,19H,10-11H2,1-3H3,(H,20,21). The van der Waals surface area contributed by atoms with Crippen molar-refractivity contribution >= 4 is 21.6 Å². The second-order valence-electron chi connectivity index (χ2n) is 5.53. The Morgan fingerprint density at radius 1 is 1.08 bits per heavy atom. The highest BCUT2D eigenvalue weighted by Crippen LogP contribution is 2.26. The number of rotatable bonds is 8. The summed E-state index contributed by atoms with van der Waals surface area (Å²) in [4.78, 5) is 12.5. The lowest BCUT2D eigenvalue weighted by Crippen LogP contribution is -2.19. The van der Waals surface area contributed by atoms with Crippen LogP contribution < -0.4 is 14.8 Å². The van der Waals surface area contributed by atoms with Crippen molar-refractivity contribution in [3.63, 3.8) is 0 Å². The highest BCUT2D eigenvalue weighted by atomic mass is 32.2. The van der Waals surface area contributed by atoms with Crippen LogP contribution in [0.3, 0.4) is 0 Å². The van der Waals surface area contributed by atoms with Crippen LogP contribution >= 0.6 is 0 Å². The Hall–Kier alpha value is -2.42. The molecule has 0 fully saturated rings. The zero-order valence-corrected chi connectivity index (χ0v) is 15.7. The number of ether oxygens (including phenoxy) is 2. The van der Waals surface area contributed by atoms with Crippen LogP contribution in [0.2, 0.25) is 0 Å². The van der Waals surface area contributed by atoms with Gasteiger partial charge in [0, 0.05) is 12.7 Å². The molecular formula is C18H22N2O5S. The quantitative estimate of drug-likeness (QED) is 0.687. The molecule has 0 heterocycles. The first-order chi connectivity index (χ1) is 12.4. The summed E-state index contributed by atoms with van der Waals surface area (Å²) in [6.07, 6.45) is 0. The van der Waals surface area contributed by atoms with Gasteiger partial charge < -0.3 is 14.8 Å². The van der Waals surface area contributed by atoms with Crippen LogP contribution in [0, 0.1) is 6.92 Å². The number of carbonyl (C=O) groups is 1. The van der Waals surface area contributed by atoms with Crippen molar-refractivity contribution in [2.24, 2.45) is 0 Å². The number of aryl methyl sites for hydroxylation is 1. The maximum Gasteiger partial charge on any atom is 0.255 e. The highest BCUT2D eigenvalue weighted by Gasteiger charge is 2.14. The predicted molar refractivity (Wildman–Crippen MR) is 99.2 cm³/mol. The van der Waals surface area contributed by atoms with E-state index in [1.54, 1.807) is 13.2 Å². The van der Waals surface area contributed by atoms with Crippen molar-refractivity contribution in [1.82, 2.24) is 4.72 Å². The van der Waals surface area contributed by atoms with Crippen LogP contribution in [0.25, 0.3) is 0 Å². The Morgan fingerprint density at radius 2 is 1.77 bits per heavy atom. The van der Waals surface area contributed by atoms with Gasteiger partial charge in [-0.1, -0.05) is 6.07 Å². The first kappa shape index (κ1) is 19.9. The van der Waals surface area contributed by atoms with E-state index in [0.29, 0.717) is 30.2 Å². The summed E-state index contributed by atoms with van der Waals surface area (Å²) in [6, 6.07) is 11.1. The predicted octanol–water partition coefficient (Wildman–Crippen LogP) is 2.18. The smallest absolute Gasteiger partial charge is 0.255 e. The molecule has 0 unspecified atom stereocenters. The molecule has 0 spiro atoms. The Balaban J connectivity index is 2.17. The molecular weight excluding hydrogens is 356 g/mol. The number of hydrogen-bond donors (Lipinski definition) is 2. The summed E-state index contributed by atoms with van der Waals surface area (Å²) in [7, 11) is -0.622. The van der Waals surface area contributed by atoms with Gasteiger partial charge in [-0.2, -0.15) is 0 Å². The average molecular weight is 378 g/mol. The fraction of sp³-hybridized carbons (Fsp3) is 0.278. The lowest BCUT2D eigenvalue weighted by molar-refractivity contribution is 0.102. The van der Waals surface area contributed by atoms with Crippen molar-refractivity contribution in [2.75, 3.05) is 32.7 Å². The Bertz CT molecular complexity index is 864. The SMILES string of the molecule is CNS(=O)(=O)c1ccc(C(=O)Nc2ccc(C)cc2OCCOC)cc1. The maximum absolute atomic E-state index is 12.5. The van der Waals surface area contributed by atoms with E-state index in [2.05, 4.69) is 10.0 Å². The molecule has 2 aromatic carbocycles. The van der Waals surface area contributed by atoms with Gasteiger partial charge in [-0.15, -0.1) is 0 Å². The van der Waals surface area contributed by atoms with E-state index in [4.69, 9.17) is 9.47 Å². The van der Waals surface area contributed by atoms with Crippen molar-refractivity contribution in [3.05, 3.63) is 53.6 Å². The van der Waals surface area contributed by atoms with Gasteiger partial charge in [-0.3, -0.25) is 4.79 Å². The summed E-state index contributed by atoms with van der Waals surface area (Å²) in [5, 5.41) is 2.78. The summed E-state index contributed by atoms with van der Waals surface area (Å²) in [6.45, 7) is 2.72. The van der Waals surface area contributed by atoms with E-state index in [1.807, 2.05) is 19.1 Å². The second kappa shape index (κ2) is 8.79. The lowest BCUT2D eigenvalue weighted by Gasteiger charge is -2.13. The molecule has 0 aliphatic rings. The molecule has 0 bridgehead atoms. The first-order valence-corrected chi connectivity index (χ1v) is 9.43. The molecule has 2 N–H and O–H groups in total. The fourth-order valence-electron chi connectivity index (χ4n) is 2.18. The van der Waals surface area contributed by atoms with Crippen molar-refractivity contribution in [2.45, 2.75) is 11.8 Å². The van der Waals surface area contributed by atoms with E-state index >= 15 is 0 Å². The van der Waals surface area contributed by atoms with Crippen LogP contribution in [-0.2, 0) is 14.8 Å². The third-order valence-electron chi connectivity index (χ3n) is 3.63. The average Bonchev–Trinajstić information content (AvgIpc) is 2.64. The lowest BCUT2D eigenvalue weighted by atomic mass is 10.2. The normalized spacial score (nSPS) is 11.2. The van der Waals surface area contributed by atoms with Crippen LogP contribution in [0.4, 0.5) is 5.69 Å². The molecule has 26 heavy (non-hydrogen) atoms. The van der Waals surface area contributed by atoms with E-state index in [-0.39, 0.29) is 10.8 Å². The molecule has 0 aliphatic heterocycles. The number of methoxy groups -OCH3 is 1. The van der Waals surface area contributed by atoms with Gasteiger partial charge in [0.05, 0.1) is 17.2 Å². The topological polar surface area (TPSA) is 93.7 Å². The summed E-state index contributed by atoms with van der Waals surface area (Å²) in [5.74, 6) is 0.184. The minimum absolute atomic E-state index is 0.0930. The minimum Gasteiger partial charge on any atom is -0.489 e. The largest absolute Gasteiger partial charge is 0.489 e. The molecule has 0 aromatic heterocycles. The molecule has 2 aromatic rings. The van der Waals surface area contributed by atoms with Crippen molar-refractivity contribution in [3.8, 4) is 5.75 Å². The maximum atomic E-state index is 12.5. The molecule has 7 nitrogen and oxygen atoms in total. The molecule has 2 rings (SSSR count). The molecule has 0 radical (unpaired) electrons. The summed E-state index contributed by atoms with van der Waals surface area (Å²) < 4.78 is 36.3. The van der Waals surface area contributed by atoms with E-state index in [0.717, 1.165) is 5.56 Å². The van der Waals surface area contributed by atoms with Gasteiger partial charge in [0.2, 0.25) is 10.0 Å². The van der Waals surface area contributed by atoms with Crippen LogP contribution in [-0.4, -0.2) is 41.7 Å². The Kier molecular flexibility index (Phi) is 6.73. The third-order valence-corrected chi connectivity index (χ3v) is 5.06. The minimum atomic E-state index is -3.54. The Morgan fingerprint density at radius 3 is 2.38 bits per heavy atom. The number of hydrogen-bond acceptors (Lipinski definition) is 5. The number of benzene rings is 2. The van der Waals surface area contributed by atoms with Gasteiger partial charge in [-0.05, 0) is 55.9 Å². The van der Waals surface area contributed by atoms with Gasteiger partial charge in [0.1, 0.15) is 12.4 Å². The third kappa shape index (κ3) is 5.04. The van der Waals surface area contributed by atoms with Gasteiger partial charge in [0.25, 0.3) is 5.91 Å². The van der Waals surface area contributed by atoms with E-state index < -0.39 is 10.0 Å². The zero-order chi connectivity index (χ0) is 19.2. The van der Waals surface area contributed by atoms with E-state index in [1.165, 1.54) is 31.3 Å². The highest BCUT2D eigenvalue weighted by molar-refractivity contribution is 7.89. The molecule has 8 heteroatoms. The fourth-order valence-corrected chi connectivity index (χ4v) is 2.92. The number of nitrogens with one attached hydrogen (secondary N) is 2. The van der Waals surface area contributed by atoms with Gasteiger partial charge in [0.15, 0.2) is 0 Å². The van der Waals surface area contributed by atoms with Gasteiger partial charge >= 0.3 is 0 Å². The molecule has 0 saturated carbocycles. The van der Waals surface area contributed by atoms with Crippen LogP contribution in [0.1, 0.15) is 15.9 Å². The summed E-state index contributed by atoms with van der Waals surface area (Å²) in [5.41, 5.74) is 1.86. The van der Waals surface area contributed by atoms with Crippen molar-refractivity contribution in [1.29, 1.82) is 0 Å². The monoisotopic (exact) mass is 378 g/mol. The molecule has 0 atom stereocenters. The van der Waals surface area contributed by atoms with Crippen LogP contribution in [0.5, 0.6) is 5.75 Å². The van der Waals surface area contributed by atoms with E-state index in [9.17, 15) is 13.2 Å².